The standard InChI is InChI=1S/C15H21NO4S2/c1-2-12-4-3-5-14(10-12)22(19,20)16-8-9-21(17,18)11-15(16)13-6-7-13/h3-5,10,13,15H,2,6-9,11H2,1H3. The largest absolute Gasteiger partial charge is 0.243 e. The summed E-state index contributed by atoms with van der Waals surface area (Å²) in [6.07, 6.45) is 2.60. The lowest BCUT2D eigenvalue weighted by Gasteiger charge is -2.34. The van der Waals surface area contributed by atoms with E-state index in [2.05, 4.69) is 0 Å². The monoisotopic (exact) mass is 343 g/mol. The fraction of sp³-hybridized carbons (Fsp3) is 0.600. The van der Waals surface area contributed by atoms with Crippen molar-refractivity contribution in [2.75, 3.05) is 18.1 Å². The summed E-state index contributed by atoms with van der Waals surface area (Å²) < 4.78 is 51.1. The van der Waals surface area contributed by atoms with Gasteiger partial charge in [0.1, 0.15) is 0 Å². The third-order valence-electron chi connectivity index (χ3n) is 4.50. The van der Waals surface area contributed by atoms with E-state index in [1.165, 1.54) is 4.31 Å². The van der Waals surface area contributed by atoms with Crippen molar-refractivity contribution in [3.8, 4) is 0 Å². The van der Waals surface area contributed by atoms with Crippen LogP contribution in [0.5, 0.6) is 0 Å². The van der Waals surface area contributed by atoms with E-state index in [-0.39, 0.29) is 28.9 Å². The fourth-order valence-electron chi connectivity index (χ4n) is 3.03. The average molecular weight is 343 g/mol. The number of hydrogen-bond donors (Lipinski definition) is 0. The molecule has 1 aromatic rings. The number of aryl methyl sites for hydroxylation is 1. The number of nitrogens with zero attached hydrogens (tertiary/aromatic N) is 1. The highest BCUT2D eigenvalue weighted by Gasteiger charge is 2.46. The second-order valence-electron chi connectivity index (χ2n) is 6.14. The number of sulfonamides is 1. The van der Waals surface area contributed by atoms with Gasteiger partial charge in [-0.25, -0.2) is 16.8 Å². The van der Waals surface area contributed by atoms with Crippen LogP contribution in [0.4, 0.5) is 0 Å². The Kier molecular flexibility index (Phi) is 4.07. The van der Waals surface area contributed by atoms with E-state index in [1.54, 1.807) is 18.2 Å². The molecule has 1 aliphatic carbocycles. The maximum absolute atomic E-state index is 12.9. The summed E-state index contributed by atoms with van der Waals surface area (Å²) in [7, 11) is -6.76. The summed E-state index contributed by atoms with van der Waals surface area (Å²) in [6.45, 7) is 2.05. The topological polar surface area (TPSA) is 71.5 Å². The summed E-state index contributed by atoms with van der Waals surface area (Å²) in [6, 6.07) is 6.55. The molecule has 0 bridgehead atoms. The van der Waals surface area contributed by atoms with Gasteiger partial charge in [-0.1, -0.05) is 19.1 Å². The molecule has 1 atom stereocenters. The molecule has 5 nitrogen and oxygen atoms in total. The molecule has 0 aromatic heterocycles. The van der Waals surface area contributed by atoms with Gasteiger partial charge in [0, 0.05) is 12.6 Å². The van der Waals surface area contributed by atoms with Gasteiger partial charge in [-0.15, -0.1) is 0 Å². The van der Waals surface area contributed by atoms with Crippen molar-refractivity contribution in [1.82, 2.24) is 4.31 Å². The van der Waals surface area contributed by atoms with Crippen LogP contribution in [-0.4, -0.2) is 45.2 Å². The first-order chi connectivity index (χ1) is 10.3. The van der Waals surface area contributed by atoms with Gasteiger partial charge >= 0.3 is 0 Å². The molecule has 0 radical (unpaired) electrons. The second-order valence-corrected chi connectivity index (χ2v) is 10.3. The predicted molar refractivity (Wildman–Crippen MR) is 84.9 cm³/mol. The first kappa shape index (κ1) is 16.0. The molecule has 7 heteroatoms. The first-order valence-electron chi connectivity index (χ1n) is 7.65. The Balaban J connectivity index is 1.96. The quantitative estimate of drug-likeness (QED) is 0.829. The third-order valence-corrected chi connectivity index (χ3v) is 8.07. The zero-order chi connectivity index (χ0) is 16.0. The highest BCUT2D eigenvalue weighted by molar-refractivity contribution is 7.92. The van der Waals surface area contributed by atoms with Crippen LogP contribution in [0.15, 0.2) is 29.2 Å². The van der Waals surface area contributed by atoms with E-state index in [1.807, 2.05) is 13.0 Å². The predicted octanol–water partition coefficient (Wildman–Crippen LogP) is 1.45. The third kappa shape index (κ3) is 3.07. The average Bonchev–Trinajstić information content (AvgIpc) is 3.30. The van der Waals surface area contributed by atoms with Crippen molar-refractivity contribution >= 4 is 19.9 Å². The highest BCUT2D eigenvalue weighted by Crippen LogP contribution is 2.39. The van der Waals surface area contributed by atoms with Crippen LogP contribution in [0.1, 0.15) is 25.3 Å². The molecule has 1 unspecified atom stereocenters. The molecule has 122 valence electrons. The maximum Gasteiger partial charge on any atom is 0.243 e. The lowest BCUT2D eigenvalue weighted by atomic mass is 10.2. The lowest BCUT2D eigenvalue weighted by molar-refractivity contribution is 0.311. The molecule has 1 aromatic carbocycles. The van der Waals surface area contributed by atoms with Gasteiger partial charge < -0.3 is 0 Å². The molecule has 2 fully saturated rings. The molecular formula is C15H21NO4S2. The molecule has 0 spiro atoms. The van der Waals surface area contributed by atoms with Crippen molar-refractivity contribution in [1.29, 1.82) is 0 Å². The summed E-state index contributed by atoms with van der Waals surface area (Å²) in [4.78, 5) is 0.275. The summed E-state index contributed by atoms with van der Waals surface area (Å²) >= 11 is 0. The van der Waals surface area contributed by atoms with Crippen LogP contribution >= 0.6 is 0 Å². The van der Waals surface area contributed by atoms with Gasteiger partial charge in [-0.3, -0.25) is 0 Å². The number of benzene rings is 1. The van der Waals surface area contributed by atoms with Crippen molar-refractivity contribution in [2.45, 2.75) is 37.1 Å². The SMILES string of the molecule is CCc1cccc(S(=O)(=O)N2CCS(=O)(=O)CC2C2CC2)c1. The van der Waals surface area contributed by atoms with E-state index < -0.39 is 25.9 Å². The summed E-state index contributed by atoms with van der Waals surface area (Å²) in [5.41, 5.74) is 0.966. The van der Waals surface area contributed by atoms with Crippen LogP contribution < -0.4 is 0 Å². The molecule has 1 heterocycles. The molecule has 1 saturated heterocycles. The second kappa shape index (κ2) is 5.62. The zero-order valence-electron chi connectivity index (χ0n) is 12.6. The molecule has 3 rings (SSSR count). The van der Waals surface area contributed by atoms with Crippen molar-refractivity contribution in [3.63, 3.8) is 0 Å². The minimum atomic E-state index is -3.63. The van der Waals surface area contributed by atoms with Gasteiger partial charge in [-0.05, 0) is 42.9 Å². The maximum atomic E-state index is 12.9. The minimum Gasteiger partial charge on any atom is -0.229 e. The number of rotatable bonds is 4. The minimum absolute atomic E-state index is 0.0373. The molecule has 1 aliphatic heterocycles. The molecule has 22 heavy (non-hydrogen) atoms. The molecular weight excluding hydrogens is 322 g/mol. The van der Waals surface area contributed by atoms with Crippen LogP contribution in [0, 0.1) is 5.92 Å². The summed E-state index contributed by atoms with van der Waals surface area (Å²) in [5.74, 6) is 0.0759. The Morgan fingerprint density at radius 1 is 1.27 bits per heavy atom. The van der Waals surface area contributed by atoms with Crippen LogP contribution in [0.2, 0.25) is 0 Å². The highest BCUT2D eigenvalue weighted by atomic mass is 32.2. The smallest absolute Gasteiger partial charge is 0.229 e. The van der Waals surface area contributed by atoms with Crippen molar-refractivity contribution < 1.29 is 16.8 Å². The lowest BCUT2D eigenvalue weighted by Crippen LogP contribution is -2.52. The van der Waals surface area contributed by atoms with E-state index in [4.69, 9.17) is 0 Å². The Morgan fingerprint density at radius 2 is 2.00 bits per heavy atom. The van der Waals surface area contributed by atoms with Gasteiger partial charge in [0.25, 0.3) is 0 Å². The Bertz CT molecular complexity index is 766. The first-order valence-corrected chi connectivity index (χ1v) is 10.9. The number of hydrogen-bond acceptors (Lipinski definition) is 4. The Labute approximate surface area is 132 Å². The van der Waals surface area contributed by atoms with Crippen LogP contribution in [0.25, 0.3) is 0 Å². The Hall–Kier alpha value is -0.920. The van der Waals surface area contributed by atoms with Crippen LogP contribution in [0.3, 0.4) is 0 Å². The van der Waals surface area contributed by atoms with E-state index >= 15 is 0 Å². The van der Waals surface area contributed by atoms with E-state index in [9.17, 15) is 16.8 Å². The van der Waals surface area contributed by atoms with Gasteiger partial charge in [0.2, 0.25) is 10.0 Å². The van der Waals surface area contributed by atoms with Crippen molar-refractivity contribution in [3.05, 3.63) is 29.8 Å². The van der Waals surface area contributed by atoms with Crippen LogP contribution in [-0.2, 0) is 26.3 Å². The van der Waals surface area contributed by atoms with Gasteiger partial charge in [0.15, 0.2) is 9.84 Å². The molecule has 1 saturated carbocycles. The Morgan fingerprint density at radius 3 is 2.64 bits per heavy atom. The molecule has 2 aliphatic rings. The normalized spacial score (nSPS) is 26.0. The fourth-order valence-corrected chi connectivity index (χ4v) is 6.61. The zero-order valence-corrected chi connectivity index (χ0v) is 14.2. The van der Waals surface area contributed by atoms with Gasteiger partial charge in [-0.2, -0.15) is 4.31 Å². The summed E-state index contributed by atoms with van der Waals surface area (Å²) in [5, 5.41) is 0. The van der Waals surface area contributed by atoms with Gasteiger partial charge in [0.05, 0.1) is 16.4 Å². The van der Waals surface area contributed by atoms with E-state index in [0.29, 0.717) is 0 Å². The van der Waals surface area contributed by atoms with E-state index in [0.717, 1.165) is 24.8 Å². The van der Waals surface area contributed by atoms with Crippen molar-refractivity contribution in [2.24, 2.45) is 5.92 Å². The number of sulfone groups is 1. The molecule has 0 amide bonds. The molecule has 0 N–H and O–H groups in total.